The molecule has 3 rings (SSSR count). The molecule has 0 atom stereocenters. The number of halogens is 1. The Morgan fingerprint density at radius 1 is 1.19 bits per heavy atom. The number of carbonyl (C=O) groups is 2. The number of ketones is 1. The lowest BCUT2D eigenvalue weighted by Crippen LogP contribution is -2.09. The van der Waals surface area contributed by atoms with Gasteiger partial charge >= 0.3 is 0 Å². The lowest BCUT2D eigenvalue weighted by molar-refractivity contribution is -0.114. The Balaban J connectivity index is 1.64. The summed E-state index contributed by atoms with van der Waals surface area (Å²) < 4.78 is 14.9. The Bertz CT molecular complexity index is 942. The van der Waals surface area contributed by atoms with Crippen LogP contribution < -0.4 is 5.32 Å². The number of Topliss-reactive ketones (excluding diaryl/α,β-unsaturated/α-hetero) is 1. The zero-order valence-electron chi connectivity index (χ0n) is 13.9. The van der Waals surface area contributed by atoms with Gasteiger partial charge in [-0.2, -0.15) is 0 Å². The summed E-state index contributed by atoms with van der Waals surface area (Å²) in [5.74, 6) is -1.17. The van der Waals surface area contributed by atoms with Gasteiger partial charge in [-0.05, 0) is 18.2 Å². The number of nitrogens with zero attached hydrogens (tertiary/aromatic N) is 1. The highest BCUT2D eigenvalue weighted by molar-refractivity contribution is 8.01. The molecule has 2 aromatic carbocycles. The van der Waals surface area contributed by atoms with E-state index in [4.69, 9.17) is 0 Å². The second kappa shape index (κ2) is 8.25. The Kier molecular flexibility index (Phi) is 5.80. The normalized spacial score (nSPS) is 10.5. The van der Waals surface area contributed by atoms with Gasteiger partial charge in [-0.15, -0.1) is 11.3 Å². The smallest absolute Gasteiger partial charge is 0.221 e. The average molecular weight is 386 g/mol. The third-order valence-corrected chi connectivity index (χ3v) is 5.49. The molecule has 1 aromatic heterocycles. The van der Waals surface area contributed by atoms with Crippen molar-refractivity contribution in [3.8, 4) is 11.3 Å². The molecule has 132 valence electrons. The maximum atomic E-state index is 14.1. The van der Waals surface area contributed by atoms with E-state index in [1.165, 1.54) is 42.2 Å². The maximum Gasteiger partial charge on any atom is 0.221 e. The van der Waals surface area contributed by atoms with Crippen molar-refractivity contribution in [2.24, 2.45) is 0 Å². The van der Waals surface area contributed by atoms with Crippen LogP contribution in [0.25, 0.3) is 11.3 Å². The van der Waals surface area contributed by atoms with Crippen molar-refractivity contribution in [1.82, 2.24) is 4.98 Å². The molecule has 0 radical (unpaired) electrons. The van der Waals surface area contributed by atoms with Crippen molar-refractivity contribution in [3.05, 3.63) is 65.3 Å². The summed E-state index contributed by atoms with van der Waals surface area (Å²) in [4.78, 5) is 27.8. The van der Waals surface area contributed by atoms with E-state index in [0.29, 0.717) is 5.69 Å². The highest BCUT2D eigenvalue weighted by atomic mass is 32.2. The Morgan fingerprint density at radius 3 is 2.65 bits per heavy atom. The molecule has 0 fully saturated rings. The van der Waals surface area contributed by atoms with Gasteiger partial charge in [-0.1, -0.05) is 42.1 Å². The van der Waals surface area contributed by atoms with Gasteiger partial charge in [0.05, 0.1) is 17.0 Å². The summed E-state index contributed by atoms with van der Waals surface area (Å²) >= 11 is 2.74. The van der Waals surface area contributed by atoms with E-state index in [-0.39, 0.29) is 23.0 Å². The number of thiazole rings is 1. The van der Waals surface area contributed by atoms with Crippen molar-refractivity contribution < 1.29 is 14.0 Å². The van der Waals surface area contributed by atoms with E-state index in [9.17, 15) is 14.0 Å². The van der Waals surface area contributed by atoms with E-state index >= 15 is 0 Å². The highest BCUT2D eigenvalue weighted by Gasteiger charge is 2.14. The molecule has 0 aliphatic heterocycles. The molecular formula is C19H15FN2O2S2. The largest absolute Gasteiger partial charge is 0.326 e. The fourth-order valence-electron chi connectivity index (χ4n) is 2.29. The van der Waals surface area contributed by atoms with Crippen LogP contribution in [0.15, 0.2) is 58.3 Å². The van der Waals surface area contributed by atoms with Crippen LogP contribution in [0.3, 0.4) is 0 Å². The van der Waals surface area contributed by atoms with Crippen LogP contribution in [-0.4, -0.2) is 22.4 Å². The minimum atomic E-state index is -0.647. The van der Waals surface area contributed by atoms with E-state index in [2.05, 4.69) is 10.3 Å². The van der Waals surface area contributed by atoms with Gasteiger partial charge in [0.2, 0.25) is 5.91 Å². The second-order valence-electron chi connectivity index (χ2n) is 5.45. The molecule has 1 amide bonds. The van der Waals surface area contributed by atoms with Crippen LogP contribution >= 0.6 is 23.1 Å². The quantitative estimate of drug-likeness (QED) is 0.484. The van der Waals surface area contributed by atoms with Crippen molar-refractivity contribution in [2.75, 3.05) is 11.1 Å². The minimum absolute atomic E-state index is 0.00596. The first-order valence-corrected chi connectivity index (χ1v) is 9.63. The number of amides is 1. The number of hydrogen-bond donors (Lipinski definition) is 1. The molecule has 7 heteroatoms. The molecule has 0 spiro atoms. The highest BCUT2D eigenvalue weighted by Crippen LogP contribution is 2.29. The number of anilines is 1. The molecule has 4 nitrogen and oxygen atoms in total. The SMILES string of the molecule is CC(=O)Nc1ccc(C(=O)CSc2nc(-c3ccccc3)cs2)c(F)c1. The molecule has 1 N–H and O–H groups in total. The van der Waals surface area contributed by atoms with Gasteiger partial charge in [0.25, 0.3) is 0 Å². The predicted molar refractivity (Wildman–Crippen MR) is 103 cm³/mol. The molecule has 0 saturated heterocycles. The van der Waals surface area contributed by atoms with Crippen LogP contribution in [0.1, 0.15) is 17.3 Å². The minimum Gasteiger partial charge on any atom is -0.326 e. The zero-order valence-corrected chi connectivity index (χ0v) is 15.5. The van der Waals surface area contributed by atoms with Gasteiger partial charge in [-0.25, -0.2) is 9.37 Å². The van der Waals surface area contributed by atoms with Gasteiger partial charge in [-0.3, -0.25) is 9.59 Å². The van der Waals surface area contributed by atoms with Crippen LogP contribution in [0.2, 0.25) is 0 Å². The topological polar surface area (TPSA) is 59.1 Å². The number of rotatable bonds is 6. The summed E-state index contributed by atoms with van der Waals surface area (Å²) in [6, 6.07) is 13.8. The molecule has 26 heavy (non-hydrogen) atoms. The summed E-state index contributed by atoms with van der Waals surface area (Å²) in [5.41, 5.74) is 2.20. The summed E-state index contributed by atoms with van der Waals surface area (Å²) in [6.07, 6.45) is 0. The lowest BCUT2D eigenvalue weighted by atomic mass is 10.1. The third kappa shape index (κ3) is 4.56. The number of aromatic nitrogens is 1. The van der Waals surface area contributed by atoms with Crippen molar-refractivity contribution >= 4 is 40.5 Å². The van der Waals surface area contributed by atoms with E-state index in [1.807, 2.05) is 35.7 Å². The van der Waals surface area contributed by atoms with Crippen molar-refractivity contribution in [3.63, 3.8) is 0 Å². The van der Waals surface area contributed by atoms with E-state index in [0.717, 1.165) is 21.7 Å². The number of hydrogen-bond acceptors (Lipinski definition) is 5. The van der Waals surface area contributed by atoms with Gasteiger partial charge in [0, 0.05) is 23.6 Å². The molecule has 3 aromatic rings. The van der Waals surface area contributed by atoms with Crippen LogP contribution in [0.5, 0.6) is 0 Å². The number of nitrogens with one attached hydrogen (secondary N) is 1. The average Bonchev–Trinajstić information content (AvgIpc) is 3.09. The van der Waals surface area contributed by atoms with Crippen LogP contribution in [-0.2, 0) is 4.79 Å². The standard InChI is InChI=1S/C19H15FN2O2S2/c1-12(23)21-14-7-8-15(16(20)9-14)18(24)11-26-19-22-17(10-25-19)13-5-3-2-4-6-13/h2-10H,11H2,1H3,(H,21,23). The molecular weight excluding hydrogens is 371 g/mol. The Labute approximate surface area is 158 Å². The molecule has 0 bridgehead atoms. The number of benzene rings is 2. The van der Waals surface area contributed by atoms with Crippen molar-refractivity contribution in [2.45, 2.75) is 11.3 Å². The fraction of sp³-hybridized carbons (Fsp3) is 0.105. The van der Waals surface area contributed by atoms with Crippen molar-refractivity contribution in [1.29, 1.82) is 0 Å². The van der Waals surface area contributed by atoms with E-state index in [1.54, 1.807) is 0 Å². The van der Waals surface area contributed by atoms with Gasteiger partial charge < -0.3 is 5.32 Å². The zero-order chi connectivity index (χ0) is 18.5. The summed E-state index contributed by atoms with van der Waals surface area (Å²) in [7, 11) is 0. The fourth-order valence-corrected chi connectivity index (χ4v) is 4.01. The molecule has 0 unspecified atom stereocenters. The van der Waals surface area contributed by atoms with E-state index < -0.39 is 5.82 Å². The number of thioether (sulfide) groups is 1. The molecule has 0 saturated carbocycles. The van der Waals surface area contributed by atoms with Gasteiger partial charge in [0.1, 0.15) is 5.82 Å². The number of carbonyl (C=O) groups excluding carboxylic acids is 2. The summed E-state index contributed by atoms with van der Waals surface area (Å²) in [5, 5.41) is 4.42. The Hall–Kier alpha value is -2.51. The predicted octanol–water partition coefficient (Wildman–Crippen LogP) is 4.88. The first-order chi connectivity index (χ1) is 12.5. The van der Waals surface area contributed by atoms with Crippen LogP contribution in [0, 0.1) is 5.82 Å². The molecule has 0 aliphatic carbocycles. The molecule has 1 heterocycles. The molecule has 0 aliphatic rings. The summed E-state index contributed by atoms with van der Waals surface area (Å²) in [6.45, 7) is 1.34. The first-order valence-electron chi connectivity index (χ1n) is 7.77. The third-order valence-electron chi connectivity index (χ3n) is 3.47. The first kappa shape index (κ1) is 18.3. The van der Waals surface area contributed by atoms with Gasteiger partial charge in [0.15, 0.2) is 10.1 Å². The van der Waals surface area contributed by atoms with Crippen LogP contribution in [0.4, 0.5) is 10.1 Å². The lowest BCUT2D eigenvalue weighted by Gasteiger charge is -2.05. The Morgan fingerprint density at radius 2 is 1.96 bits per heavy atom. The monoisotopic (exact) mass is 386 g/mol. The second-order valence-corrected chi connectivity index (χ2v) is 7.53. The maximum absolute atomic E-state index is 14.1.